The second-order valence-electron chi connectivity index (χ2n) is 4.17. The Morgan fingerprint density at radius 3 is 2.84 bits per heavy atom. The van der Waals surface area contributed by atoms with Crippen LogP contribution in [0.25, 0.3) is 10.2 Å². The number of anilines is 1. The van der Waals surface area contributed by atoms with E-state index in [1.807, 2.05) is 25.4 Å². The first-order valence-corrected chi connectivity index (χ1v) is 7.80. The molecule has 0 atom stereocenters. The third-order valence-electron chi connectivity index (χ3n) is 2.70. The standard InChI is InChI=1S/C12H11ClN4S2/c1-7-14-8(6-19-7)5-17(2)10-9-3-4-18-11(9)16-12(13)15-10/h3-4,6H,5H2,1-2H3. The van der Waals surface area contributed by atoms with E-state index in [4.69, 9.17) is 11.6 Å². The molecule has 0 amide bonds. The lowest BCUT2D eigenvalue weighted by atomic mass is 10.3. The molecule has 0 aliphatic heterocycles. The first kappa shape index (κ1) is 12.8. The Labute approximate surface area is 123 Å². The summed E-state index contributed by atoms with van der Waals surface area (Å²) < 4.78 is 0. The van der Waals surface area contributed by atoms with Crippen molar-refractivity contribution in [1.29, 1.82) is 0 Å². The maximum atomic E-state index is 5.98. The van der Waals surface area contributed by atoms with Gasteiger partial charge in [0.2, 0.25) is 5.28 Å². The van der Waals surface area contributed by atoms with Gasteiger partial charge >= 0.3 is 0 Å². The maximum absolute atomic E-state index is 5.98. The Morgan fingerprint density at radius 2 is 2.11 bits per heavy atom. The summed E-state index contributed by atoms with van der Waals surface area (Å²) in [6, 6.07) is 2.02. The summed E-state index contributed by atoms with van der Waals surface area (Å²) in [6.45, 7) is 2.72. The molecule has 3 rings (SSSR count). The van der Waals surface area contributed by atoms with Crippen LogP contribution in [0.4, 0.5) is 5.82 Å². The van der Waals surface area contributed by atoms with E-state index in [1.165, 1.54) is 0 Å². The Kier molecular flexibility index (Phi) is 3.38. The summed E-state index contributed by atoms with van der Waals surface area (Å²) in [5, 5.41) is 6.46. The van der Waals surface area contributed by atoms with Gasteiger partial charge in [0.15, 0.2) is 0 Å². The fourth-order valence-electron chi connectivity index (χ4n) is 1.90. The molecule has 0 aliphatic rings. The van der Waals surface area contributed by atoms with Crippen molar-refractivity contribution in [3.63, 3.8) is 0 Å². The van der Waals surface area contributed by atoms with Crippen LogP contribution >= 0.6 is 34.3 Å². The predicted octanol–water partition coefficient (Wildman–Crippen LogP) is 3.75. The third-order valence-corrected chi connectivity index (χ3v) is 4.50. The number of aromatic nitrogens is 3. The molecule has 0 fully saturated rings. The van der Waals surface area contributed by atoms with E-state index in [9.17, 15) is 0 Å². The molecule has 0 unspecified atom stereocenters. The van der Waals surface area contributed by atoms with Gasteiger partial charge in [-0.05, 0) is 30.0 Å². The molecule has 0 radical (unpaired) electrons. The molecule has 3 heterocycles. The van der Waals surface area contributed by atoms with Crippen molar-refractivity contribution in [3.05, 3.63) is 32.8 Å². The van der Waals surface area contributed by atoms with Gasteiger partial charge < -0.3 is 4.90 Å². The fraction of sp³-hybridized carbons (Fsp3) is 0.250. The smallest absolute Gasteiger partial charge is 0.225 e. The van der Waals surface area contributed by atoms with Crippen molar-refractivity contribution < 1.29 is 0 Å². The fourth-order valence-corrected chi connectivity index (χ4v) is 3.48. The maximum Gasteiger partial charge on any atom is 0.225 e. The van der Waals surface area contributed by atoms with E-state index in [0.29, 0.717) is 6.54 Å². The molecule has 0 saturated carbocycles. The second-order valence-corrected chi connectivity index (χ2v) is 6.46. The van der Waals surface area contributed by atoms with Crippen molar-refractivity contribution in [1.82, 2.24) is 15.0 Å². The number of hydrogen-bond donors (Lipinski definition) is 0. The SMILES string of the molecule is Cc1nc(CN(C)c2nc(Cl)nc3sccc23)cs1. The van der Waals surface area contributed by atoms with E-state index >= 15 is 0 Å². The molecule has 3 aromatic rings. The summed E-state index contributed by atoms with van der Waals surface area (Å²) in [5.74, 6) is 0.849. The summed E-state index contributed by atoms with van der Waals surface area (Å²) in [7, 11) is 1.99. The van der Waals surface area contributed by atoms with Gasteiger partial charge in [-0.1, -0.05) is 0 Å². The van der Waals surface area contributed by atoms with Gasteiger partial charge in [0.1, 0.15) is 10.6 Å². The van der Waals surface area contributed by atoms with Crippen LogP contribution in [0.15, 0.2) is 16.8 Å². The zero-order valence-electron chi connectivity index (χ0n) is 10.4. The first-order valence-electron chi connectivity index (χ1n) is 5.66. The third kappa shape index (κ3) is 2.56. The van der Waals surface area contributed by atoms with Gasteiger partial charge in [0.25, 0.3) is 0 Å². The minimum atomic E-state index is 0.284. The number of thiophene rings is 1. The van der Waals surface area contributed by atoms with Crippen LogP contribution in [0.2, 0.25) is 5.28 Å². The first-order chi connectivity index (χ1) is 9.13. The van der Waals surface area contributed by atoms with E-state index in [0.717, 1.165) is 26.7 Å². The second kappa shape index (κ2) is 5.03. The highest BCUT2D eigenvalue weighted by Gasteiger charge is 2.13. The number of rotatable bonds is 3. The van der Waals surface area contributed by atoms with Gasteiger partial charge in [-0.2, -0.15) is 4.98 Å². The summed E-state index contributed by atoms with van der Waals surface area (Å²) >= 11 is 9.20. The molecule has 19 heavy (non-hydrogen) atoms. The summed E-state index contributed by atoms with van der Waals surface area (Å²) in [4.78, 5) is 16.0. The topological polar surface area (TPSA) is 41.9 Å². The lowest BCUT2D eigenvalue weighted by molar-refractivity contribution is 0.873. The van der Waals surface area contributed by atoms with Crippen molar-refractivity contribution >= 4 is 50.3 Å². The minimum Gasteiger partial charge on any atom is -0.353 e. The number of aryl methyl sites for hydroxylation is 1. The molecule has 0 bridgehead atoms. The quantitative estimate of drug-likeness (QED) is 0.691. The van der Waals surface area contributed by atoms with E-state index in [1.54, 1.807) is 22.7 Å². The van der Waals surface area contributed by atoms with Crippen LogP contribution in [0.5, 0.6) is 0 Å². The van der Waals surface area contributed by atoms with Crippen molar-refractivity contribution in [2.45, 2.75) is 13.5 Å². The minimum absolute atomic E-state index is 0.284. The normalized spacial score (nSPS) is 11.1. The molecular formula is C12H11ClN4S2. The van der Waals surface area contributed by atoms with Crippen LogP contribution in [-0.4, -0.2) is 22.0 Å². The monoisotopic (exact) mass is 310 g/mol. The van der Waals surface area contributed by atoms with Crippen molar-refractivity contribution in [2.75, 3.05) is 11.9 Å². The molecule has 0 aliphatic carbocycles. The van der Waals surface area contributed by atoms with Crippen molar-refractivity contribution in [3.8, 4) is 0 Å². The number of nitrogens with zero attached hydrogens (tertiary/aromatic N) is 4. The van der Waals surface area contributed by atoms with Crippen LogP contribution in [0.1, 0.15) is 10.7 Å². The summed E-state index contributed by atoms with van der Waals surface area (Å²) in [6.07, 6.45) is 0. The summed E-state index contributed by atoms with van der Waals surface area (Å²) in [5.41, 5.74) is 1.04. The van der Waals surface area contributed by atoms with Gasteiger partial charge in [-0.25, -0.2) is 9.97 Å². The zero-order chi connectivity index (χ0) is 13.4. The van der Waals surface area contributed by atoms with E-state index in [2.05, 4.69) is 25.2 Å². The Hall–Kier alpha value is -1.24. The molecule has 0 N–H and O–H groups in total. The van der Waals surface area contributed by atoms with Gasteiger partial charge in [-0.15, -0.1) is 22.7 Å². The number of hydrogen-bond acceptors (Lipinski definition) is 6. The van der Waals surface area contributed by atoms with E-state index in [-0.39, 0.29) is 5.28 Å². The number of thiazole rings is 1. The molecule has 0 spiro atoms. The Balaban J connectivity index is 1.96. The lowest BCUT2D eigenvalue weighted by Gasteiger charge is -2.17. The molecule has 4 nitrogen and oxygen atoms in total. The molecule has 0 aromatic carbocycles. The van der Waals surface area contributed by atoms with Crippen molar-refractivity contribution in [2.24, 2.45) is 0 Å². The van der Waals surface area contributed by atoms with E-state index < -0.39 is 0 Å². The van der Waals surface area contributed by atoms with Crippen LogP contribution < -0.4 is 4.90 Å². The molecule has 98 valence electrons. The number of fused-ring (bicyclic) bond motifs is 1. The Bertz CT molecular complexity index is 721. The average molecular weight is 311 g/mol. The van der Waals surface area contributed by atoms with Crippen LogP contribution in [-0.2, 0) is 6.54 Å². The highest BCUT2D eigenvalue weighted by Crippen LogP contribution is 2.29. The molecular weight excluding hydrogens is 300 g/mol. The average Bonchev–Trinajstić information content (AvgIpc) is 2.96. The van der Waals surface area contributed by atoms with Gasteiger partial charge in [-0.3, -0.25) is 0 Å². The van der Waals surface area contributed by atoms with Crippen LogP contribution in [0.3, 0.4) is 0 Å². The largest absolute Gasteiger partial charge is 0.353 e. The zero-order valence-corrected chi connectivity index (χ0v) is 12.8. The highest BCUT2D eigenvalue weighted by atomic mass is 35.5. The molecule has 0 saturated heterocycles. The lowest BCUT2D eigenvalue weighted by Crippen LogP contribution is -2.18. The van der Waals surface area contributed by atoms with Gasteiger partial charge in [0, 0.05) is 12.4 Å². The highest BCUT2D eigenvalue weighted by molar-refractivity contribution is 7.16. The van der Waals surface area contributed by atoms with Gasteiger partial charge in [0.05, 0.1) is 22.6 Å². The Morgan fingerprint density at radius 1 is 1.26 bits per heavy atom. The predicted molar refractivity (Wildman–Crippen MR) is 81.4 cm³/mol. The number of halogens is 1. The molecule has 3 aromatic heterocycles. The van der Waals surface area contributed by atoms with Crippen LogP contribution in [0, 0.1) is 6.92 Å². The molecule has 7 heteroatoms.